The van der Waals surface area contributed by atoms with E-state index in [1.54, 1.807) is 48.5 Å². The zero-order chi connectivity index (χ0) is 24.9. The number of carbonyl (C=O) groups is 1. The first-order valence-corrected chi connectivity index (χ1v) is 11.9. The Morgan fingerprint density at radius 1 is 1.06 bits per heavy atom. The summed E-state index contributed by atoms with van der Waals surface area (Å²) in [5, 5.41) is 20.6. The number of ether oxygens (including phenoxy) is 1. The van der Waals surface area contributed by atoms with Gasteiger partial charge in [-0.1, -0.05) is 30.7 Å². The van der Waals surface area contributed by atoms with Gasteiger partial charge in [0.05, 0.1) is 17.3 Å². The van der Waals surface area contributed by atoms with Crippen molar-refractivity contribution in [2.75, 3.05) is 5.32 Å². The summed E-state index contributed by atoms with van der Waals surface area (Å²) >= 11 is 0. The Kier molecular flexibility index (Phi) is 6.72. The smallest absolute Gasteiger partial charge is 0.255 e. The topological polar surface area (TPSA) is 92.8 Å². The largest absolute Gasteiger partial charge is 0.489 e. The van der Waals surface area contributed by atoms with Gasteiger partial charge in [-0.2, -0.15) is 5.26 Å². The minimum atomic E-state index is -0.539. The summed E-state index contributed by atoms with van der Waals surface area (Å²) < 4.78 is 22.5. The number of hydrogen-bond donors (Lipinski definition) is 1. The minimum Gasteiger partial charge on any atom is -0.489 e. The summed E-state index contributed by atoms with van der Waals surface area (Å²) in [5.41, 5.74) is 2.37. The molecule has 0 fully saturated rings. The van der Waals surface area contributed by atoms with Crippen molar-refractivity contribution in [3.8, 4) is 23.2 Å². The van der Waals surface area contributed by atoms with Crippen molar-refractivity contribution < 1.29 is 13.9 Å². The van der Waals surface area contributed by atoms with Crippen LogP contribution in [-0.4, -0.2) is 20.7 Å². The molecule has 1 N–H and O–H groups in total. The first-order valence-electron chi connectivity index (χ1n) is 11.9. The van der Waals surface area contributed by atoms with Gasteiger partial charge in [-0.15, -0.1) is 10.2 Å². The van der Waals surface area contributed by atoms with Crippen LogP contribution in [-0.2, 0) is 19.6 Å². The van der Waals surface area contributed by atoms with Gasteiger partial charge < -0.3 is 14.6 Å². The molecule has 0 unspecified atom stereocenters. The van der Waals surface area contributed by atoms with Crippen LogP contribution in [0.15, 0.2) is 66.7 Å². The number of hydrogen-bond acceptors (Lipinski definition) is 5. The summed E-state index contributed by atoms with van der Waals surface area (Å²) in [6.07, 6.45) is 4.14. The molecule has 2 heterocycles. The maximum atomic E-state index is 14.6. The Labute approximate surface area is 208 Å². The molecule has 0 radical (unpaired) electrons. The second kappa shape index (κ2) is 10.4. The first kappa shape index (κ1) is 23.2. The Hall–Kier alpha value is -4.51. The van der Waals surface area contributed by atoms with Crippen LogP contribution in [0.3, 0.4) is 0 Å². The van der Waals surface area contributed by atoms with E-state index in [9.17, 15) is 14.4 Å². The zero-order valence-electron chi connectivity index (χ0n) is 19.6. The minimum absolute atomic E-state index is 0.0674. The number of aryl methyl sites for hydroxylation is 1. The molecule has 0 saturated carbocycles. The average Bonchev–Trinajstić information content (AvgIpc) is 3.16. The van der Waals surface area contributed by atoms with Gasteiger partial charge >= 0.3 is 0 Å². The monoisotopic (exact) mass is 481 g/mol. The number of carbonyl (C=O) groups excluding carboxylic acids is 1. The number of nitrogens with one attached hydrogen (secondary N) is 1. The molecule has 8 heteroatoms. The molecule has 36 heavy (non-hydrogen) atoms. The van der Waals surface area contributed by atoms with Crippen LogP contribution in [0, 0.1) is 17.1 Å². The number of aromatic nitrogens is 3. The van der Waals surface area contributed by atoms with Gasteiger partial charge in [-0.25, -0.2) is 4.39 Å². The van der Waals surface area contributed by atoms with E-state index in [1.807, 2.05) is 12.1 Å². The van der Waals surface area contributed by atoms with Crippen molar-refractivity contribution in [2.24, 2.45) is 0 Å². The number of benzene rings is 3. The maximum absolute atomic E-state index is 14.6. The summed E-state index contributed by atoms with van der Waals surface area (Å²) in [5.74, 6) is 1.08. The van der Waals surface area contributed by atoms with Gasteiger partial charge in [-0.05, 0) is 55.3 Å². The van der Waals surface area contributed by atoms with Gasteiger partial charge in [0.1, 0.15) is 24.0 Å². The summed E-state index contributed by atoms with van der Waals surface area (Å²) in [7, 11) is 0. The maximum Gasteiger partial charge on any atom is 0.255 e. The van der Waals surface area contributed by atoms with Crippen LogP contribution >= 0.6 is 0 Å². The summed E-state index contributed by atoms with van der Waals surface area (Å²) in [6, 6.07) is 20.5. The van der Waals surface area contributed by atoms with Crippen molar-refractivity contribution in [1.82, 2.24) is 14.8 Å². The van der Waals surface area contributed by atoms with Crippen LogP contribution in [0.2, 0.25) is 0 Å². The highest BCUT2D eigenvalue weighted by Gasteiger charge is 2.18. The highest BCUT2D eigenvalue weighted by molar-refractivity contribution is 6.04. The van der Waals surface area contributed by atoms with E-state index in [0.717, 1.165) is 43.6 Å². The van der Waals surface area contributed by atoms with E-state index >= 15 is 0 Å². The number of nitrogens with zero attached hydrogens (tertiary/aromatic N) is 4. The van der Waals surface area contributed by atoms with Crippen LogP contribution in [0.5, 0.6) is 5.75 Å². The SMILES string of the molecule is N#Cc1ccccc1COc1cccc(C(=O)Nc2cc(-c3nnc4n3CCCCC4)ccc2F)c1. The Morgan fingerprint density at radius 2 is 1.94 bits per heavy atom. The number of fused-ring (bicyclic) bond motifs is 1. The molecule has 0 bridgehead atoms. The molecule has 4 aromatic rings. The number of amides is 1. The van der Waals surface area contributed by atoms with E-state index in [2.05, 4.69) is 26.2 Å². The van der Waals surface area contributed by atoms with Gasteiger partial charge in [0, 0.05) is 29.7 Å². The molecule has 5 rings (SSSR count). The van der Waals surface area contributed by atoms with Crippen molar-refractivity contribution in [3.05, 3.63) is 95.1 Å². The highest BCUT2D eigenvalue weighted by Crippen LogP contribution is 2.27. The molecular formula is C28H24FN5O2. The third-order valence-corrected chi connectivity index (χ3v) is 6.21. The van der Waals surface area contributed by atoms with E-state index in [0.29, 0.717) is 28.3 Å². The first-order chi connectivity index (χ1) is 17.6. The van der Waals surface area contributed by atoms with Gasteiger partial charge in [-0.3, -0.25) is 4.79 Å². The third kappa shape index (κ3) is 4.96. The fraction of sp³-hybridized carbons (Fsp3) is 0.214. The molecule has 1 aliphatic rings. The molecule has 0 spiro atoms. The Balaban J connectivity index is 1.33. The van der Waals surface area contributed by atoms with Crippen LogP contribution in [0.1, 0.15) is 46.6 Å². The molecule has 1 aliphatic heterocycles. The van der Waals surface area contributed by atoms with Crippen molar-refractivity contribution in [1.29, 1.82) is 5.26 Å². The quantitative estimate of drug-likeness (QED) is 0.392. The fourth-order valence-electron chi connectivity index (χ4n) is 4.30. The van der Waals surface area contributed by atoms with E-state index < -0.39 is 11.7 Å². The molecule has 0 saturated heterocycles. The molecule has 7 nitrogen and oxygen atoms in total. The standard InChI is InChI=1S/C28H24FN5O2/c29-24-13-12-19(27-33-32-26-11-2-1-5-14-34(26)27)16-25(24)31-28(35)20-9-6-10-23(15-20)36-18-22-8-4-3-7-21(22)17-30/h3-4,6-10,12-13,15-16H,1-2,5,11,14,18H2,(H,31,35). The number of halogens is 1. The molecule has 3 aromatic carbocycles. The zero-order valence-corrected chi connectivity index (χ0v) is 19.6. The lowest BCUT2D eigenvalue weighted by Gasteiger charge is -2.12. The van der Waals surface area contributed by atoms with E-state index in [1.165, 1.54) is 6.07 Å². The molecule has 1 amide bonds. The predicted octanol–water partition coefficient (Wildman–Crippen LogP) is 5.51. The second-order valence-electron chi connectivity index (χ2n) is 8.64. The Morgan fingerprint density at radius 3 is 2.83 bits per heavy atom. The van der Waals surface area contributed by atoms with Crippen molar-refractivity contribution >= 4 is 11.6 Å². The molecular weight excluding hydrogens is 457 g/mol. The van der Waals surface area contributed by atoms with E-state index in [-0.39, 0.29) is 12.3 Å². The lowest BCUT2D eigenvalue weighted by atomic mass is 10.1. The highest BCUT2D eigenvalue weighted by atomic mass is 19.1. The Bertz CT molecular complexity index is 1460. The molecule has 0 aliphatic carbocycles. The van der Waals surface area contributed by atoms with Crippen LogP contribution < -0.4 is 10.1 Å². The molecule has 180 valence electrons. The molecule has 0 atom stereocenters. The number of nitriles is 1. The predicted molar refractivity (Wildman–Crippen MR) is 133 cm³/mol. The fourth-order valence-corrected chi connectivity index (χ4v) is 4.30. The normalized spacial score (nSPS) is 12.8. The number of rotatable bonds is 6. The molecule has 1 aromatic heterocycles. The summed E-state index contributed by atoms with van der Waals surface area (Å²) in [4.78, 5) is 13.0. The van der Waals surface area contributed by atoms with Gasteiger partial charge in [0.2, 0.25) is 0 Å². The second-order valence-corrected chi connectivity index (χ2v) is 8.64. The summed E-state index contributed by atoms with van der Waals surface area (Å²) in [6.45, 7) is 1.01. The lowest BCUT2D eigenvalue weighted by molar-refractivity contribution is 0.102. The van der Waals surface area contributed by atoms with E-state index in [4.69, 9.17) is 4.74 Å². The van der Waals surface area contributed by atoms with Crippen LogP contribution in [0.4, 0.5) is 10.1 Å². The average molecular weight is 482 g/mol. The van der Waals surface area contributed by atoms with Gasteiger partial charge in [0.15, 0.2) is 5.82 Å². The van der Waals surface area contributed by atoms with Gasteiger partial charge in [0.25, 0.3) is 5.91 Å². The van der Waals surface area contributed by atoms with Crippen molar-refractivity contribution in [2.45, 2.75) is 38.8 Å². The third-order valence-electron chi connectivity index (χ3n) is 6.21. The van der Waals surface area contributed by atoms with Crippen LogP contribution in [0.25, 0.3) is 11.4 Å². The number of anilines is 1. The van der Waals surface area contributed by atoms with Crippen molar-refractivity contribution in [3.63, 3.8) is 0 Å². The lowest BCUT2D eigenvalue weighted by Crippen LogP contribution is -2.13.